The molecule has 0 radical (unpaired) electrons. The third-order valence-corrected chi connectivity index (χ3v) is 3.81. The van der Waals surface area contributed by atoms with E-state index in [1.54, 1.807) is 0 Å². The minimum absolute atomic E-state index is 0.362. The number of rotatable bonds is 2. The van der Waals surface area contributed by atoms with Gasteiger partial charge in [-0.2, -0.15) is 0 Å². The highest BCUT2D eigenvalue weighted by molar-refractivity contribution is 5.40. The monoisotopic (exact) mass is 245 g/mol. The molecule has 1 fully saturated rings. The average molecular weight is 245 g/mol. The van der Waals surface area contributed by atoms with Crippen molar-refractivity contribution in [1.82, 2.24) is 19.5 Å². The van der Waals surface area contributed by atoms with Crippen LogP contribution in [0, 0.1) is 0 Å². The van der Waals surface area contributed by atoms with Crippen LogP contribution in [-0.4, -0.2) is 33.1 Å². The van der Waals surface area contributed by atoms with Crippen molar-refractivity contribution < 1.29 is 0 Å². The summed E-state index contributed by atoms with van der Waals surface area (Å²) in [4.78, 5) is 2.37. The van der Waals surface area contributed by atoms with E-state index in [4.69, 9.17) is 5.73 Å². The molecule has 0 aliphatic carbocycles. The van der Waals surface area contributed by atoms with Gasteiger partial charge in [0.25, 0.3) is 0 Å². The molecule has 3 rings (SSSR count). The number of aromatic nitrogens is 3. The van der Waals surface area contributed by atoms with Crippen LogP contribution in [0.3, 0.4) is 0 Å². The number of piperidine rings is 1. The Labute approximate surface area is 107 Å². The standard InChI is InChI=1S/C13H19N5/c1-17-8-3-2-6-11(17)13-16-15-12-7-4-5-10(9-14)18(12)13/h4-5,7,11H,2-3,6,8-9,14H2,1H3. The normalized spacial score (nSPS) is 21.6. The van der Waals surface area contributed by atoms with Gasteiger partial charge in [-0.25, -0.2) is 0 Å². The molecule has 0 spiro atoms. The van der Waals surface area contributed by atoms with Crippen molar-refractivity contribution >= 4 is 5.65 Å². The van der Waals surface area contributed by atoms with Gasteiger partial charge in [-0.15, -0.1) is 10.2 Å². The molecule has 5 heteroatoms. The Morgan fingerprint density at radius 1 is 1.33 bits per heavy atom. The second-order valence-electron chi connectivity index (χ2n) is 4.97. The average Bonchev–Trinajstić information content (AvgIpc) is 2.83. The summed E-state index contributed by atoms with van der Waals surface area (Å²) >= 11 is 0. The fourth-order valence-corrected chi connectivity index (χ4v) is 2.81. The van der Waals surface area contributed by atoms with Crippen molar-refractivity contribution in [2.45, 2.75) is 31.8 Å². The number of fused-ring (bicyclic) bond motifs is 1. The topological polar surface area (TPSA) is 59.5 Å². The molecule has 2 aromatic heterocycles. The second-order valence-corrected chi connectivity index (χ2v) is 4.97. The Kier molecular flexibility index (Phi) is 3.01. The highest BCUT2D eigenvalue weighted by Gasteiger charge is 2.25. The number of hydrogen-bond acceptors (Lipinski definition) is 4. The molecule has 0 amide bonds. The van der Waals surface area contributed by atoms with E-state index in [0.717, 1.165) is 30.1 Å². The second kappa shape index (κ2) is 4.66. The van der Waals surface area contributed by atoms with Gasteiger partial charge < -0.3 is 5.73 Å². The fourth-order valence-electron chi connectivity index (χ4n) is 2.81. The minimum atomic E-state index is 0.362. The molecule has 0 aromatic carbocycles. The first-order chi connectivity index (χ1) is 8.81. The minimum Gasteiger partial charge on any atom is -0.325 e. The molecule has 1 saturated heterocycles. The van der Waals surface area contributed by atoms with Crippen molar-refractivity contribution in [3.05, 3.63) is 29.7 Å². The van der Waals surface area contributed by atoms with Crippen LogP contribution in [0.15, 0.2) is 18.2 Å². The first-order valence-corrected chi connectivity index (χ1v) is 6.54. The summed E-state index contributed by atoms with van der Waals surface area (Å²) in [5.74, 6) is 1.04. The summed E-state index contributed by atoms with van der Waals surface area (Å²) in [5, 5.41) is 8.66. The van der Waals surface area contributed by atoms with Gasteiger partial charge in [0.15, 0.2) is 11.5 Å². The fraction of sp³-hybridized carbons (Fsp3) is 0.538. The van der Waals surface area contributed by atoms with Crippen molar-refractivity contribution in [2.24, 2.45) is 5.73 Å². The molecule has 96 valence electrons. The highest BCUT2D eigenvalue weighted by Crippen LogP contribution is 2.29. The van der Waals surface area contributed by atoms with Crippen LogP contribution in [0.1, 0.15) is 36.8 Å². The number of likely N-dealkylation sites (tertiary alicyclic amines) is 1. The van der Waals surface area contributed by atoms with Gasteiger partial charge in [0.1, 0.15) is 0 Å². The molecule has 1 unspecified atom stereocenters. The predicted molar refractivity (Wildman–Crippen MR) is 70.1 cm³/mol. The zero-order valence-corrected chi connectivity index (χ0v) is 10.7. The van der Waals surface area contributed by atoms with Gasteiger partial charge in [0, 0.05) is 12.2 Å². The summed E-state index contributed by atoms with van der Waals surface area (Å²) in [5.41, 5.74) is 7.79. The maximum atomic E-state index is 5.82. The summed E-state index contributed by atoms with van der Waals surface area (Å²) < 4.78 is 2.12. The first-order valence-electron chi connectivity index (χ1n) is 6.54. The van der Waals surface area contributed by atoms with E-state index < -0.39 is 0 Å². The van der Waals surface area contributed by atoms with Gasteiger partial charge in [-0.3, -0.25) is 9.30 Å². The lowest BCUT2D eigenvalue weighted by molar-refractivity contribution is 0.178. The van der Waals surface area contributed by atoms with Crippen molar-refractivity contribution in [3.8, 4) is 0 Å². The van der Waals surface area contributed by atoms with E-state index in [-0.39, 0.29) is 0 Å². The first kappa shape index (κ1) is 11.6. The van der Waals surface area contributed by atoms with Crippen LogP contribution in [0.5, 0.6) is 0 Å². The van der Waals surface area contributed by atoms with E-state index >= 15 is 0 Å². The number of nitrogens with two attached hydrogens (primary N) is 1. The summed E-state index contributed by atoms with van der Waals surface area (Å²) in [6, 6.07) is 6.38. The molecule has 18 heavy (non-hydrogen) atoms. The molecule has 0 saturated carbocycles. The quantitative estimate of drug-likeness (QED) is 0.867. The zero-order valence-electron chi connectivity index (χ0n) is 10.7. The van der Waals surface area contributed by atoms with E-state index in [2.05, 4.69) is 26.5 Å². The molecule has 1 aliphatic heterocycles. The predicted octanol–water partition coefficient (Wildman–Crippen LogP) is 1.34. The Hall–Kier alpha value is -1.46. The molecule has 2 N–H and O–H groups in total. The van der Waals surface area contributed by atoms with Crippen LogP contribution in [0.4, 0.5) is 0 Å². The van der Waals surface area contributed by atoms with Gasteiger partial charge in [-0.05, 0) is 38.6 Å². The lowest BCUT2D eigenvalue weighted by atomic mass is 10.0. The van der Waals surface area contributed by atoms with Gasteiger partial charge in [-0.1, -0.05) is 12.5 Å². The molecule has 0 bridgehead atoms. The van der Waals surface area contributed by atoms with Crippen LogP contribution in [0.2, 0.25) is 0 Å². The molecular formula is C13H19N5. The molecular weight excluding hydrogens is 226 g/mol. The van der Waals surface area contributed by atoms with E-state index in [0.29, 0.717) is 12.6 Å². The van der Waals surface area contributed by atoms with E-state index in [9.17, 15) is 0 Å². The number of nitrogens with zero attached hydrogens (tertiary/aromatic N) is 4. The number of hydrogen-bond donors (Lipinski definition) is 1. The summed E-state index contributed by atoms with van der Waals surface area (Å²) in [6.45, 7) is 1.64. The Balaban J connectivity index is 2.11. The lowest BCUT2D eigenvalue weighted by Crippen LogP contribution is -2.31. The Morgan fingerprint density at radius 2 is 2.22 bits per heavy atom. The van der Waals surface area contributed by atoms with E-state index in [1.807, 2.05) is 18.2 Å². The third-order valence-electron chi connectivity index (χ3n) is 3.81. The zero-order chi connectivity index (χ0) is 12.5. The van der Waals surface area contributed by atoms with Crippen LogP contribution in [-0.2, 0) is 6.54 Å². The maximum absolute atomic E-state index is 5.82. The van der Waals surface area contributed by atoms with Gasteiger partial charge in [0.2, 0.25) is 0 Å². The van der Waals surface area contributed by atoms with Gasteiger partial charge >= 0.3 is 0 Å². The molecule has 5 nitrogen and oxygen atoms in total. The van der Waals surface area contributed by atoms with Crippen LogP contribution in [0.25, 0.3) is 5.65 Å². The largest absolute Gasteiger partial charge is 0.325 e. The smallest absolute Gasteiger partial charge is 0.161 e. The highest BCUT2D eigenvalue weighted by atomic mass is 15.3. The third kappa shape index (κ3) is 1.79. The Bertz CT molecular complexity index is 547. The molecule has 3 heterocycles. The maximum Gasteiger partial charge on any atom is 0.161 e. The molecule has 2 aromatic rings. The van der Waals surface area contributed by atoms with E-state index in [1.165, 1.54) is 12.8 Å². The molecule has 1 aliphatic rings. The van der Waals surface area contributed by atoms with Crippen molar-refractivity contribution in [3.63, 3.8) is 0 Å². The molecule has 1 atom stereocenters. The lowest BCUT2D eigenvalue weighted by Gasteiger charge is -2.31. The number of pyridine rings is 1. The van der Waals surface area contributed by atoms with Gasteiger partial charge in [0.05, 0.1) is 6.04 Å². The van der Waals surface area contributed by atoms with Crippen LogP contribution >= 0.6 is 0 Å². The Morgan fingerprint density at radius 3 is 3.00 bits per heavy atom. The van der Waals surface area contributed by atoms with Crippen LogP contribution < -0.4 is 5.73 Å². The summed E-state index contributed by atoms with van der Waals surface area (Å²) in [7, 11) is 2.16. The van der Waals surface area contributed by atoms with Crippen molar-refractivity contribution in [2.75, 3.05) is 13.6 Å². The van der Waals surface area contributed by atoms with Crippen molar-refractivity contribution in [1.29, 1.82) is 0 Å². The summed E-state index contributed by atoms with van der Waals surface area (Å²) in [6.07, 6.45) is 3.68. The SMILES string of the molecule is CN1CCCCC1c1nnc2cccc(CN)n12.